The van der Waals surface area contributed by atoms with Crippen molar-refractivity contribution >= 4 is 17.4 Å². The fourth-order valence-corrected chi connectivity index (χ4v) is 3.00. The summed E-state index contributed by atoms with van der Waals surface area (Å²) in [5.41, 5.74) is 2.84. The number of nitrogens with zero attached hydrogens (tertiary/aromatic N) is 2. The lowest BCUT2D eigenvalue weighted by atomic mass is 10.0. The number of aromatic nitrogens is 1. The van der Waals surface area contributed by atoms with Gasteiger partial charge in [0.15, 0.2) is 11.9 Å². The molecule has 25 heavy (non-hydrogen) atoms. The second-order valence-corrected chi connectivity index (χ2v) is 6.34. The van der Waals surface area contributed by atoms with Crippen molar-refractivity contribution in [3.63, 3.8) is 0 Å². The van der Waals surface area contributed by atoms with E-state index in [1.165, 1.54) is 0 Å². The number of aryl methyl sites for hydroxylation is 2. The molecular weight excluding hydrogens is 320 g/mol. The van der Waals surface area contributed by atoms with Gasteiger partial charge in [0.25, 0.3) is 5.91 Å². The van der Waals surface area contributed by atoms with Crippen molar-refractivity contribution in [2.45, 2.75) is 53.2 Å². The minimum Gasteiger partial charge on any atom is -0.479 e. The van der Waals surface area contributed by atoms with E-state index in [1.54, 1.807) is 30.0 Å². The number of rotatable bonds is 5. The van der Waals surface area contributed by atoms with Crippen LogP contribution in [0.5, 0.6) is 5.75 Å². The van der Waals surface area contributed by atoms with Crippen LogP contribution in [0.4, 0.5) is 5.69 Å². The smallest absolute Gasteiger partial charge is 0.268 e. The number of benzene rings is 1. The van der Waals surface area contributed by atoms with Crippen LogP contribution in [0.3, 0.4) is 0 Å². The summed E-state index contributed by atoms with van der Waals surface area (Å²) in [5.74, 6) is 1.21. The molecule has 0 aliphatic carbocycles. The van der Waals surface area contributed by atoms with E-state index in [0.717, 1.165) is 17.7 Å². The maximum Gasteiger partial charge on any atom is 0.268 e. The Morgan fingerprint density at radius 3 is 2.72 bits per heavy atom. The highest BCUT2D eigenvalue weighted by molar-refractivity contribution is 6.03. The third-order valence-corrected chi connectivity index (χ3v) is 4.46. The highest BCUT2D eigenvalue weighted by Crippen LogP contribution is 2.36. The molecule has 1 aliphatic rings. The van der Waals surface area contributed by atoms with Crippen molar-refractivity contribution in [3.8, 4) is 5.75 Å². The molecule has 1 aromatic heterocycles. The van der Waals surface area contributed by atoms with E-state index in [9.17, 15) is 9.59 Å². The van der Waals surface area contributed by atoms with Gasteiger partial charge in [-0.2, -0.15) is 0 Å². The number of amides is 1. The number of Topliss-reactive ketones (excluding diaryl/α,β-unsaturated/α-hetero) is 1. The molecule has 6 heteroatoms. The number of ketones is 1. The van der Waals surface area contributed by atoms with Crippen molar-refractivity contribution in [3.05, 3.63) is 40.8 Å². The standard InChI is InChI=1S/C19H22N2O4/c1-5-6-17(22)14-7-8-18-16(9-14)21(19(23)13(4)24-18)10-15-11(2)20-25-12(15)3/h7-9,13H,5-6,10H2,1-4H3. The molecule has 0 fully saturated rings. The van der Waals surface area contributed by atoms with E-state index in [1.807, 2.05) is 20.8 Å². The van der Waals surface area contributed by atoms with Gasteiger partial charge in [-0.05, 0) is 45.4 Å². The van der Waals surface area contributed by atoms with Crippen molar-refractivity contribution in [1.82, 2.24) is 5.16 Å². The van der Waals surface area contributed by atoms with Gasteiger partial charge in [-0.3, -0.25) is 9.59 Å². The number of ether oxygens (including phenoxy) is 1. The maximum absolute atomic E-state index is 12.7. The fraction of sp³-hybridized carbons (Fsp3) is 0.421. The molecule has 0 bridgehead atoms. The van der Waals surface area contributed by atoms with E-state index < -0.39 is 6.10 Å². The quantitative estimate of drug-likeness (QED) is 0.777. The first kappa shape index (κ1) is 17.2. The van der Waals surface area contributed by atoms with Crippen LogP contribution in [-0.4, -0.2) is 23.0 Å². The molecular formula is C19H22N2O4. The van der Waals surface area contributed by atoms with Gasteiger partial charge in [0.05, 0.1) is 17.9 Å². The maximum atomic E-state index is 12.7. The monoisotopic (exact) mass is 342 g/mol. The summed E-state index contributed by atoms with van der Waals surface area (Å²) in [7, 11) is 0. The van der Waals surface area contributed by atoms with Crippen molar-refractivity contribution in [2.75, 3.05) is 4.90 Å². The van der Waals surface area contributed by atoms with E-state index in [0.29, 0.717) is 35.7 Å². The van der Waals surface area contributed by atoms with Crippen LogP contribution in [0.1, 0.15) is 54.1 Å². The Morgan fingerprint density at radius 2 is 2.08 bits per heavy atom. The van der Waals surface area contributed by atoms with Crippen molar-refractivity contribution in [2.24, 2.45) is 0 Å². The molecule has 1 amide bonds. The molecule has 0 spiro atoms. The second kappa shape index (κ2) is 6.70. The number of fused-ring (bicyclic) bond motifs is 1. The highest BCUT2D eigenvalue weighted by atomic mass is 16.5. The minimum atomic E-state index is -0.579. The fourth-order valence-electron chi connectivity index (χ4n) is 3.00. The molecule has 0 saturated heterocycles. The van der Waals surface area contributed by atoms with E-state index >= 15 is 0 Å². The van der Waals surface area contributed by atoms with E-state index in [-0.39, 0.29) is 11.7 Å². The van der Waals surface area contributed by atoms with Gasteiger partial charge in [0.2, 0.25) is 0 Å². The largest absolute Gasteiger partial charge is 0.479 e. The number of carbonyl (C=O) groups excluding carboxylic acids is 2. The summed E-state index contributed by atoms with van der Waals surface area (Å²) in [6.07, 6.45) is 0.684. The summed E-state index contributed by atoms with van der Waals surface area (Å²) in [6.45, 7) is 7.70. The molecule has 2 aromatic rings. The zero-order valence-corrected chi connectivity index (χ0v) is 15.0. The van der Waals surface area contributed by atoms with Gasteiger partial charge in [-0.1, -0.05) is 12.1 Å². The molecule has 6 nitrogen and oxygen atoms in total. The van der Waals surface area contributed by atoms with Gasteiger partial charge in [-0.25, -0.2) is 0 Å². The summed E-state index contributed by atoms with van der Waals surface area (Å²) < 4.78 is 10.9. The first-order valence-electron chi connectivity index (χ1n) is 8.49. The Morgan fingerprint density at radius 1 is 1.32 bits per heavy atom. The molecule has 132 valence electrons. The minimum absolute atomic E-state index is 0.0636. The molecule has 0 N–H and O–H groups in total. The molecule has 1 atom stereocenters. The number of carbonyl (C=O) groups is 2. The average molecular weight is 342 g/mol. The van der Waals surface area contributed by atoms with Crippen LogP contribution in [-0.2, 0) is 11.3 Å². The van der Waals surface area contributed by atoms with Crippen LogP contribution in [0.25, 0.3) is 0 Å². The predicted octanol–water partition coefficient (Wildman–Crippen LogP) is 3.59. The zero-order chi connectivity index (χ0) is 18.1. The molecule has 3 rings (SSSR count). The zero-order valence-electron chi connectivity index (χ0n) is 15.0. The van der Waals surface area contributed by atoms with Crippen LogP contribution in [0, 0.1) is 13.8 Å². The van der Waals surface area contributed by atoms with Gasteiger partial charge < -0.3 is 14.2 Å². The second-order valence-electron chi connectivity index (χ2n) is 6.34. The Balaban J connectivity index is 2.02. The van der Waals surface area contributed by atoms with E-state index in [4.69, 9.17) is 9.26 Å². The summed E-state index contributed by atoms with van der Waals surface area (Å²) in [4.78, 5) is 26.6. The number of anilines is 1. The first-order chi connectivity index (χ1) is 11.9. The third kappa shape index (κ3) is 3.16. The van der Waals surface area contributed by atoms with Crippen LogP contribution < -0.4 is 9.64 Å². The molecule has 2 heterocycles. The predicted molar refractivity (Wildman–Crippen MR) is 92.9 cm³/mol. The molecule has 0 radical (unpaired) electrons. The lowest BCUT2D eigenvalue weighted by Crippen LogP contribution is -2.44. The lowest BCUT2D eigenvalue weighted by molar-refractivity contribution is -0.125. The Hall–Kier alpha value is -2.63. The summed E-state index contributed by atoms with van der Waals surface area (Å²) in [6, 6.07) is 5.27. The van der Waals surface area contributed by atoms with Gasteiger partial charge in [0.1, 0.15) is 11.5 Å². The topological polar surface area (TPSA) is 72.6 Å². The number of hydrogen-bond donors (Lipinski definition) is 0. The van der Waals surface area contributed by atoms with Crippen LogP contribution >= 0.6 is 0 Å². The van der Waals surface area contributed by atoms with Crippen LogP contribution in [0.2, 0.25) is 0 Å². The Bertz CT molecular complexity index is 805. The van der Waals surface area contributed by atoms with E-state index in [2.05, 4.69) is 5.16 Å². The molecule has 1 aliphatic heterocycles. The van der Waals surface area contributed by atoms with Gasteiger partial charge in [0, 0.05) is 17.5 Å². The summed E-state index contributed by atoms with van der Waals surface area (Å²) >= 11 is 0. The first-order valence-corrected chi connectivity index (χ1v) is 8.49. The van der Waals surface area contributed by atoms with Gasteiger partial charge >= 0.3 is 0 Å². The highest BCUT2D eigenvalue weighted by Gasteiger charge is 2.33. The Kier molecular flexibility index (Phi) is 4.61. The average Bonchev–Trinajstić information content (AvgIpc) is 2.90. The van der Waals surface area contributed by atoms with Gasteiger partial charge in [-0.15, -0.1) is 0 Å². The lowest BCUT2D eigenvalue weighted by Gasteiger charge is -2.33. The molecule has 1 aromatic carbocycles. The number of hydrogen-bond acceptors (Lipinski definition) is 5. The SMILES string of the molecule is CCCC(=O)c1ccc2c(c1)N(Cc1c(C)noc1C)C(=O)C(C)O2. The third-order valence-electron chi connectivity index (χ3n) is 4.46. The molecule has 0 saturated carbocycles. The Labute approximate surface area is 146 Å². The molecule has 1 unspecified atom stereocenters. The summed E-state index contributed by atoms with van der Waals surface area (Å²) in [5, 5.41) is 3.95. The van der Waals surface area contributed by atoms with Crippen LogP contribution in [0.15, 0.2) is 22.7 Å². The van der Waals surface area contributed by atoms with Crippen molar-refractivity contribution < 1.29 is 18.8 Å². The normalized spacial score (nSPS) is 16.6. The van der Waals surface area contributed by atoms with Crippen molar-refractivity contribution in [1.29, 1.82) is 0 Å².